The van der Waals surface area contributed by atoms with E-state index in [-0.39, 0.29) is 17.9 Å². The second-order valence-corrected chi connectivity index (χ2v) is 7.33. The van der Waals surface area contributed by atoms with Crippen LogP contribution in [0.15, 0.2) is 16.6 Å². The van der Waals surface area contributed by atoms with E-state index in [1.165, 1.54) is 11.3 Å². The number of nitrogens with zero attached hydrogens (tertiary/aromatic N) is 1. The molecule has 0 aliphatic rings. The number of aromatic nitrogens is 2. The smallest absolute Gasteiger partial charge is 0.273 e. The number of nitrogens with one attached hydrogen (secondary N) is 2. The van der Waals surface area contributed by atoms with E-state index in [1.807, 2.05) is 32.9 Å². The summed E-state index contributed by atoms with van der Waals surface area (Å²) in [5.74, 6) is 0.0593. The Balaban J connectivity index is 2.12. The maximum absolute atomic E-state index is 12.2. The van der Waals surface area contributed by atoms with Crippen molar-refractivity contribution >= 4 is 44.8 Å². The van der Waals surface area contributed by atoms with Gasteiger partial charge in [0.05, 0.1) is 20.5 Å². The number of halogens is 2. The largest absolute Gasteiger partial charge is 0.343 e. The van der Waals surface area contributed by atoms with Gasteiger partial charge in [0.2, 0.25) is 0 Å². The van der Waals surface area contributed by atoms with Gasteiger partial charge in [-0.1, -0.05) is 25.4 Å². The molecule has 1 amide bonds. The number of rotatable bonds is 4. The molecule has 0 radical (unpaired) electrons. The molecule has 0 bridgehead atoms. The van der Waals surface area contributed by atoms with Crippen LogP contribution in [0.1, 0.15) is 53.8 Å². The van der Waals surface area contributed by atoms with Crippen molar-refractivity contribution in [3.05, 3.63) is 37.2 Å². The zero-order valence-electron chi connectivity index (χ0n) is 11.3. The molecule has 2 aromatic heterocycles. The molecule has 0 spiro atoms. The molecule has 0 aromatic carbocycles. The maximum atomic E-state index is 12.2. The van der Waals surface area contributed by atoms with Crippen LogP contribution in [-0.4, -0.2) is 16.1 Å². The lowest BCUT2D eigenvalue weighted by Crippen LogP contribution is -2.26. The predicted molar refractivity (Wildman–Crippen MR) is 85.6 cm³/mol. The van der Waals surface area contributed by atoms with Crippen molar-refractivity contribution in [1.82, 2.24) is 15.5 Å². The van der Waals surface area contributed by atoms with Gasteiger partial charge >= 0.3 is 0 Å². The number of hydrogen-bond donors (Lipinski definition) is 2. The fourth-order valence-corrected chi connectivity index (χ4v) is 3.65. The van der Waals surface area contributed by atoms with E-state index in [9.17, 15) is 4.79 Å². The number of carbonyl (C=O) groups is 1. The molecule has 2 rings (SSSR count). The second-order valence-electron chi connectivity index (χ2n) is 4.79. The number of carbonyl (C=O) groups excluding carboxylic acids is 1. The molecule has 2 aromatic rings. The van der Waals surface area contributed by atoms with Crippen LogP contribution in [0.25, 0.3) is 0 Å². The van der Waals surface area contributed by atoms with Crippen molar-refractivity contribution < 1.29 is 4.79 Å². The van der Waals surface area contributed by atoms with Crippen LogP contribution in [0, 0.1) is 0 Å². The summed E-state index contributed by atoms with van der Waals surface area (Å²) in [6, 6.07) is 3.63. The van der Waals surface area contributed by atoms with Gasteiger partial charge in [0.15, 0.2) is 5.69 Å². The zero-order chi connectivity index (χ0) is 14.9. The molecule has 0 aliphatic heterocycles. The molecular formula is C13H15BrClN3OS. The topological polar surface area (TPSA) is 57.8 Å². The van der Waals surface area contributed by atoms with E-state index in [0.29, 0.717) is 10.0 Å². The minimum atomic E-state index is -0.211. The lowest BCUT2D eigenvalue weighted by atomic mass is 10.1. The lowest BCUT2D eigenvalue weighted by molar-refractivity contribution is 0.0934. The lowest BCUT2D eigenvalue weighted by Gasteiger charge is -2.11. The van der Waals surface area contributed by atoms with Crippen LogP contribution >= 0.6 is 38.9 Å². The third kappa shape index (κ3) is 3.24. The first-order valence-corrected chi connectivity index (χ1v) is 8.18. The summed E-state index contributed by atoms with van der Waals surface area (Å²) in [4.78, 5) is 13.3. The van der Waals surface area contributed by atoms with Gasteiger partial charge in [0.1, 0.15) is 0 Å². The molecule has 20 heavy (non-hydrogen) atoms. The fraction of sp³-hybridized carbons (Fsp3) is 0.385. The van der Waals surface area contributed by atoms with Crippen LogP contribution < -0.4 is 5.32 Å². The van der Waals surface area contributed by atoms with Gasteiger partial charge in [0, 0.05) is 4.88 Å². The molecule has 2 N–H and O–H groups in total. The van der Waals surface area contributed by atoms with Gasteiger partial charge in [-0.05, 0) is 40.9 Å². The Morgan fingerprint density at radius 2 is 2.15 bits per heavy atom. The summed E-state index contributed by atoms with van der Waals surface area (Å²) in [5.41, 5.74) is 1.30. The standard InChI is InChI=1S/C13H15BrClN3OS/c1-6(2)11-10(14)12(18-17-11)13(19)16-7(3)8-4-5-9(15)20-8/h4-7H,1-3H3,(H,16,19)(H,17,18). The Labute approximate surface area is 135 Å². The highest BCUT2D eigenvalue weighted by molar-refractivity contribution is 9.10. The molecule has 1 atom stereocenters. The first-order valence-electron chi connectivity index (χ1n) is 6.20. The van der Waals surface area contributed by atoms with E-state index in [0.717, 1.165) is 15.0 Å². The minimum absolute atomic E-state index is 0.105. The second kappa shape index (κ2) is 6.28. The minimum Gasteiger partial charge on any atom is -0.343 e. The zero-order valence-corrected chi connectivity index (χ0v) is 14.5. The predicted octanol–water partition coefficient (Wildman–Crippen LogP) is 4.50. The number of aromatic amines is 1. The maximum Gasteiger partial charge on any atom is 0.273 e. The van der Waals surface area contributed by atoms with Crippen LogP contribution in [-0.2, 0) is 0 Å². The molecule has 0 aliphatic carbocycles. The van der Waals surface area contributed by atoms with Crippen molar-refractivity contribution in [1.29, 1.82) is 0 Å². The van der Waals surface area contributed by atoms with E-state index < -0.39 is 0 Å². The molecule has 108 valence electrons. The van der Waals surface area contributed by atoms with E-state index in [2.05, 4.69) is 31.4 Å². The highest BCUT2D eigenvalue weighted by Gasteiger charge is 2.21. The number of H-pyrrole nitrogens is 1. The Kier molecular flexibility index (Phi) is 4.88. The Hall–Kier alpha value is -0.850. The number of thiophene rings is 1. The van der Waals surface area contributed by atoms with Gasteiger partial charge in [0.25, 0.3) is 5.91 Å². The first-order chi connectivity index (χ1) is 9.40. The summed E-state index contributed by atoms with van der Waals surface area (Å²) >= 11 is 10.8. The van der Waals surface area contributed by atoms with Crippen molar-refractivity contribution in [3.8, 4) is 0 Å². The Bertz CT molecular complexity index is 623. The average molecular weight is 377 g/mol. The third-order valence-electron chi connectivity index (χ3n) is 2.89. The van der Waals surface area contributed by atoms with Crippen molar-refractivity contribution in [2.45, 2.75) is 32.7 Å². The Morgan fingerprint density at radius 1 is 1.45 bits per heavy atom. The highest BCUT2D eigenvalue weighted by Crippen LogP contribution is 2.28. The quantitative estimate of drug-likeness (QED) is 0.825. The van der Waals surface area contributed by atoms with Gasteiger partial charge in [-0.2, -0.15) is 5.10 Å². The summed E-state index contributed by atoms with van der Waals surface area (Å²) in [5, 5.41) is 9.90. The summed E-state index contributed by atoms with van der Waals surface area (Å²) in [6.45, 7) is 6.00. The highest BCUT2D eigenvalue weighted by atomic mass is 79.9. The molecule has 2 heterocycles. The molecule has 1 unspecified atom stereocenters. The molecular weight excluding hydrogens is 362 g/mol. The normalized spacial score (nSPS) is 12.7. The van der Waals surface area contributed by atoms with Crippen LogP contribution in [0.3, 0.4) is 0 Å². The van der Waals surface area contributed by atoms with Gasteiger partial charge in [-0.3, -0.25) is 9.89 Å². The van der Waals surface area contributed by atoms with Gasteiger partial charge < -0.3 is 5.32 Å². The van der Waals surface area contributed by atoms with Crippen LogP contribution in [0.4, 0.5) is 0 Å². The van der Waals surface area contributed by atoms with Crippen LogP contribution in [0.5, 0.6) is 0 Å². The SMILES string of the molecule is CC(C)c1[nH]nc(C(=O)NC(C)c2ccc(Cl)s2)c1Br. The number of amides is 1. The third-order valence-corrected chi connectivity index (χ3v) is 5.11. The molecule has 0 fully saturated rings. The van der Waals surface area contributed by atoms with E-state index >= 15 is 0 Å². The van der Waals surface area contributed by atoms with Gasteiger partial charge in [-0.25, -0.2) is 0 Å². The van der Waals surface area contributed by atoms with Crippen molar-refractivity contribution in [3.63, 3.8) is 0 Å². The van der Waals surface area contributed by atoms with E-state index in [1.54, 1.807) is 0 Å². The molecule has 0 saturated heterocycles. The summed E-state index contributed by atoms with van der Waals surface area (Å²) in [7, 11) is 0. The average Bonchev–Trinajstić information content (AvgIpc) is 2.95. The Morgan fingerprint density at radius 3 is 2.65 bits per heavy atom. The van der Waals surface area contributed by atoms with Crippen molar-refractivity contribution in [2.75, 3.05) is 0 Å². The molecule has 4 nitrogen and oxygen atoms in total. The molecule has 7 heteroatoms. The van der Waals surface area contributed by atoms with E-state index in [4.69, 9.17) is 11.6 Å². The summed E-state index contributed by atoms with van der Waals surface area (Å²) < 4.78 is 1.44. The molecule has 0 saturated carbocycles. The first kappa shape index (κ1) is 15.5. The monoisotopic (exact) mass is 375 g/mol. The van der Waals surface area contributed by atoms with Crippen LogP contribution in [0.2, 0.25) is 4.34 Å². The number of hydrogen-bond acceptors (Lipinski definition) is 3. The van der Waals surface area contributed by atoms with Crippen molar-refractivity contribution in [2.24, 2.45) is 0 Å². The fourth-order valence-electron chi connectivity index (χ4n) is 1.77. The van der Waals surface area contributed by atoms with Gasteiger partial charge in [-0.15, -0.1) is 11.3 Å². The summed E-state index contributed by atoms with van der Waals surface area (Å²) in [6.07, 6.45) is 0.